The second kappa shape index (κ2) is 5.85. The smallest absolute Gasteiger partial charge is 0.258 e. The molecule has 1 amide bonds. The van der Waals surface area contributed by atoms with Crippen molar-refractivity contribution in [2.24, 2.45) is 0 Å². The molecule has 3 aromatic carbocycles. The summed E-state index contributed by atoms with van der Waals surface area (Å²) >= 11 is 0. The van der Waals surface area contributed by atoms with Crippen molar-refractivity contribution in [1.29, 1.82) is 0 Å². The fourth-order valence-electron chi connectivity index (χ4n) is 3.65. The number of nitrogens with zero attached hydrogens (tertiary/aromatic N) is 3. The molecular weight excluding hydrogens is 322 g/mol. The average molecular weight is 339 g/mol. The Morgan fingerprint density at radius 1 is 0.923 bits per heavy atom. The molecule has 126 valence electrons. The van der Waals surface area contributed by atoms with Crippen LogP contribution < -0.4 is 4.90 Å². The highest BCUT2D eigenvalue weighted by Gasteiger charge is 2.25. The topological polar surface area (TPSA) is 38.1 Å². The maximum atomic E-state index is 13.0. The number of para-hydroxylation sites is 2. The summed E-state index contributed by atoms with van der Waals surface area (Å²) in [5.74, 6) is 0.0334. The number of carbonyl (C=O) groups is 1. The van der Waals surface area contributed by atoms with Gasteiger partial charge in [-0.05, 0) is 48.4 Å². The number of hydrogen-bond acceptors (Lipinski definition) is 2. The Morgan fingerprint density at radius 3 is 2.62 bits per heavy atom. The lowest BCUT2D eigenvalue weighted by Crippen LogP contribution is -2.28. The summed E-state index contributed by atoms with van der Waals surface area (Å²) in [7, 11) is 0. The highest BCUT2D eigenvalue weighted by molar-refractivity contribution is 6.08. The van der Waals surface area contributed by atoms with E-state index in [9.17, 15) is 4.79 Å². The highest BCUT2D eigenvalue weighted by Crippen LogP contribution is 2.29. The van der Waals surface area contributed by atoms with Crippen LogP contribution in [0.4, 0.5) is 5.69 Å². The molecule has 4 aromatic rings. The number of amides is 1. The number of imidazole rings is 1. The van der Waals surface area contributed by atoms with E-state index in [-0.39, 0.29) is 5.91 Å². The third kappa shape index (κ3) is 2.30. The van der Waals surface area contributed by atoms with E-state index in [1.165, 1.54) is 5.56 Å². The molecule has 26 heavy (non-hydrogen) atoms. The van der Waals surface area contributed by atoms with Crippen molar-refractivity contribution in [2.45, 2.75) is 6.42 Å². The maximum Gasteiger partial charge on any atom is 0.258 e. The Bertz CT molecular complexity index is 1110. The monoisotopic (exact) mass is 339 g/mol. The van der Waals surface area contributed by atoms with Crippen molar-refractivity contribution < 1.29 is 4.79 Å². The molecular formula is C22H17N3O. The third-order valence-corrected chi connectivity index (χ3v) is 4.96. The van der Waals surface area contributed by atoms with Gasteiger partial charge in [-0.25, -0.2) is 4.98 Å². The number of anilines is 1. The number of fused-ring (bicyclic) bond motifs is 2. The van der Waals surface area contributed by atoms with Gasteiger partial charge < -0.3 is 4.90 Å². The minimum Gasteiger partial charge on any atom is -0.308 e. The Hall–Kier alpha value is -3.40. The quantitative estimate of drug-likeness (QED) is 0.548. The molecule has 0 aliphatic carbocycles. The second-order valence-electron chi connectivity index (χ2n) is 6.49. The summed E-state index contributed by atoms with van der Waals surface area (Å²) in [6.45, 7) is 0.731. The van der Waals surface area contributed by atoms with E-state index >= 15 is 0 Å². The van der Waals surface area contributed by atoms with Crippen LogP contribution in [0.15, 0.2) is 79.1 Å². The lowest BCUT2D eigenvalue weighted by Gasteiger charge is -2.17. The molecule has 0 N–H and O–H groups in total. The van der Waals surface area contributed by atoms with Crippen LogP contribution in [0.25, 0.3) is 16.7 Å². The average Bonchev–Trinajstić information content (AvgIpc) is 3.32. The Morgan fingerprint density at radius 2 is 1.73 bits per heavy atom. The van der Waals surface area contributed by atoms with E-state index in [1.807, 2.05) is 76.2 Å². The first-order valence-electron chi connectivity index (χ1n) is 8.73. The van der Waals surface area contributed by atoms with E-state index in [0.717, 1.165) is 35.4 Å². The van der Waals surface area contributed by atoms with Gasteiger partial charge >= 0.3 is 0 Å². The van der Waals surface area contributed by atoms with E-state index in [0.29, 0.717) is 5.56 Å². The number of hydrogen-bond donors (Lipinski definition) is 0. The molecule has 0 fully saturated rings. The van der Waals surface area contributed by atoms with Crippen molar-refractivity contribution in [3.63, 3.8) is 0 Å². The van der Waals surface area contributed by atoms with Gasteiger partial charge in [-0.3, -0.25) is 9.36 Å². The lowest BCUT2D eigenvalue weighted by atomic mass is 10.1. The molecule has 2 heterocycles. The number of carbonyl (C=O) groups excluding carboxylic acids is 1. The van der Waals surface area contributed by atoms with E-state index < -0.39 is 0 Å². The predicted octanol–water partition coefficient (Wildman–Crippen LogP) is 4.23. The van der Waals surface area contributed by atoms with E-state index in [4.69, 9.17) is 0 Å². The molecule has 0 spiro atoms. The molecule has 5 rings (SSSR count). The van der Waals surface area contributed by atoms with Crippen molar-refractivity contribution in [3.8, 4) is 5.69 Å². The van der Waals surface area contributed by atoms with Gasteiger partial charge in [0.1, 0.15) is 6.33 Å². The van der Waals surface area contributed by atoms with Gasteiger partial charge in [0.15, 0.2) is 0 Å². The Balaban J connectivity index is 1.52. The zero-order valence-electron chi connectivity index (χ0n) is 14.2. The van der Waals surface area contributed by atoms with Gasteiger partial charge in [-0.15, -0.1) is 0 Å². The first kappa shape index (κ1) is 14.9. The van der Waals surface area contributed by atoms with Gasteiger partial charge in [0.25, 0.3) is 5.91 Å². The molecule has 0 atom stereocenters. The minimum absolute atomic E-state index is 0.0334. The van der Waals surface area contributed by atoms with Gasteiger partial charge in [0, 0.05) is 23.5 Å². The van der Waals surface area contributed by atoms with Gasteiger partial charge in [-0.2, -0.15) is 0 Å². The summed E-state index contributed by atoms with van der Waals surface area (Å²) in [6, 6.07) is 24.0. The van der Waals surface area contributed by atoms with Crippen LogP contribution in [-0.4, -0.2) is 22.0 Å². The summed E-state index contributed by atoms with van der Waals surface area (Å²) in [4.78, 5) is 19.4. The standard InChI is InChI=1S/C22H17N3O/c26-22(24-13-12-16-6-4-5-9-20(16)24)17-10-11-21-19(14-17)23-15-25(21)18-7-2-1-3-8-18/h1-11,14-15H,12-13H2. The molecule has 0 radical (unpaired) electrons. The summed E-state index contributed by atoms with van der Waals surface area (Å²) < 4.78 is 2.04. The largest absolute Gasteiger partial charge is 0.308 e. The van der Waals surface area contributed by atoms with Crippen molar-refractivity contribution in [2.75, 3.05) is 11.4 Å². The van der Waals surface area contributed by atoms with Crippen LogP contribution in [0.3, 0.4) is 0 Å². The fraction of sp³-hybridized carbons (Fsp3) is 0.0909. The van der Waals surface area contributed by atoms with Gasteiger partial charge in [-0.1, -0.05) is 36.4 Å². The molecule has 4 heteroatoms. The first-order chi connectivity index (χ1) is 12.8. The van der Waals surface area contributed by atoms with Crippen LogP contribution in [-0.2, 0) is 6.42 Å². The van der Waals surface area contributed by atoms with Crippen molar-refractivity contribution in [1.82, 2.24) is 9.55 Å². The number of aromatic nitrogens is 2. The van der Waals surface area contributed by atoms with Crippen LogP contribution >= 0.6 is 0 Å². The fourth-order valence-corrected chi connectivity index (χ4v) is 3.65. The molecule has 0 saturated carbocycles. The van der Waals surface area contributed by atoms with Gasteiger partial charge in [0.05, 0.1) is 11.0 Å². The minimum atomic E-state index is 0.0334. The lowest BCUT2D eigenvalue weighted by molar-refractivity contribution is 0.0989. The second-order valence-corrected chi connectivity index (χ2v) is 6.49. The van der Waals surface area contributed by atoms with Crippen LogP contribution in [0.1, 0.15) is 15.9 Å². The van der Waals surface area contributed by atoms with Crippen molar-refractivity contribution in [3.05, 3.63) is 90.3 Å². The first-order valence-corrected chi connectivity index (χ1v) is 8.73. The summed E-state index contributed by atoms with van der Waals surface area (Å²) in [5, 5.41) is 0. The Kier molecular flexibility index (Phi) is 3.35. The summed E-state index contributed by atoms with van der Waals surface area (Å²) in [5.41, 5.74) is 5.81. The normalized spacial score (nSPS) is 13.2. The van der Waals surface area contributed by atoms with Gasteiger partial charge in [0.2, 0.25) is 0 Å². The third-order valence-electron chi connectivity index (χ3n) is 4.96. The maximum absolute atomic E-state index is 13.0. The predicted molar refractivity (Wildman–Crippen MR) is 103 cm³/mol. The Labute approximate surface area is 151 Å². The van der Waals surface area contributed by atoms with E-state index in [1.54, 1.807) is 6.33 Å². The van der Waals surface area contributed by atoms with E-state index in [2.05, 4.69) is 11.1 Å². The summed E-state index contributed by atoms with van der Waals surface area (Å²) in [6.07, 6.45) is 2.71. The molecule has 1 aliphatic heterocycles. The number of benzene rings is 3. The number of rotatable bonds is 2. The molecule has 0 bridgehead atoms. The zero-order chi connectivity index (χ0) is 17.5. The molecule has 1 aromatic heterocycles. The van der Waals surface area contributed by atoms with Crippen molar-refractivity contribution >= 4 is 22.6 Å². The molecule has 4 nitrogen and oxygen atoms in total. The molecule has 1 aliphatic rings. The zero-order valence-corrected chi connectivity index (χ0v) is 14.2. The highest BCUT2D eigenvalue weighted by atomic mass is 16.2. The van der Waals surface area contributed by atoms with Crippen LogP contribution in [0, 0.1) is 0 Å². The molecule has 0 saturated heterocycles. The SMILES string of the molecule is O=C(c1ccc2c(c1)ncn2-c1ccccc1)N1CCc2ccccc21. The van der Waals surface area contributed by atoms with Crippen LogP contribution in [0.5, 0.6) is 0 Å². The molecule has 0 unspecified atom stereocenters. The van der Waals surface area contributed by atoms with Crippen LogP contribution in [0.2, 0.25) is 0 Å².